The number of aromatic nitrogens is 1. The van der Waals surface area contributed by atoms with Crippen molar-refractivity contribution < 1.29 is 9.59 Å². The van der Waals surface area contributed by atoms with E-state index in [2.05, 4.69) is 17.2 Å². The highest BCUT2D eigenvalue weighted by molar-refractivity contribution is 5.95. The highest BCUT2D eigenvalue weighted by atomic mass is 16.2. The summed E-state index contributed by atoms with van der Waals surface area (Å²) in [5, 5.41) is 4.10. The molecule has 1 aliphatic rings. The fraction of sp³-hybridized carbons (Fsp3) is 0.458. The van der Waals surface area contributed by atoms with E-state index in [1.165, 1.54) is 12.8 Å². The van der Waals surface area contributed by atoms with Crippen molar-refractivity contribution in [3.05, 3.63) is 48.2 Å². The number of amides is 2. The Balaban J connectivity index is 1.55. The van der Waals surface area contributed by atoms with Gasteiger partial charge < -0.3 is 10.2 Å². The minimum atomic E-state index is -0.105. The molecular formula is C24H31N3O2. The summed E-state index contributed by atoms with van der Waals surface area (Å²) >= 11 is 0. The number of piperidine rings is 1. The van der Waals surface area contributed by atoms with Crippen molar-refractivity contribution in [2.24, 2.45) is 5.92 Å². The minimum absolute atomic E-state index is 0.0432. The molecule has 154 valence electrons. The summed E-state index contributed by atoms with van der Waals surface area (Å²) in [6.45, 7) is 4.11. The second-order valence-corrected chi connectivity index (χ2v) is 7.73. The molecule has 0 radical (unpaired) electrons. The van der Waals surface area contributed by atoms with Crippen LogP contribution in [-0.4, -0.2) is 41.3 Å². The number of hydrogen-bond donors (Lipinski definition) is 1. The molecule has 5 nitrogen and oxygen atoms in total. The Bertz CT molecular complexity index is 857. The maximum absolute atomic E-state index is 12.7. The quantitative estimate of drug-likeness (QED) is 0.540. The molecule has 1 N–H and O–H groups in total. The van der Waals surface area contributed by atoms with Crippen molar-refractivity contribution in [1.29, 1.82) is 0 Å². The van der Waals surface area contributed by atoms with Gasteiger partial charge in [0.25, 0.3) is 0 Å². The van der Waals surface area contributed by atoms with Crippen LogP contribution in [0.15, 0.2) is 42.6 Å². The predicted octanol–water partition coefficient (Wildman–Crippen LogP) is 4.18. The Kier molecular flexibility index (Phi) is 7.79. The van der Waals surface area contributed by atoms with Crippen LogP contribution in [0.3, 0.4) is 0 Å². The molecule has 1 saturated heterocycles. The van der Waals surface area contributed by atoms with Gasteiger partial charge in [0.2, 0.25) is 11.8 Å². The van der Waals surface area contributed by atoms with Gasteiger partial charge in [-0.3, -0.25) is 14.6 Å². The first-order chi connectivity index (χ1) is 14.2. The monoisotopic (exact) mass is 393 g/mol. The number of rotatable bonds is 8. The zero-order valence-electron chi connectivity index (χ0n) is 17.3. The lowest BCUT2D eigenvalue weighted by Gasteiger charge is -2.31. The van der Waals surface area contributed by atoms with Crippen molar-refractivity contribution >= 4 is 28.8 Å². The summed E-state index contributed by atoms with van der Waals surface area (Å²) in [5.41, 5.74) is 1.81. The molecule has 0 bridgehead atoms. The SMILES string of the molecule is CCCCCCNC(=O)C1CCCN(C(=O)/C=C/c2cccc3cccnc23)C1. The van der Waals surface area contributed by atoms with Gasteiger partial charge in [-0.1, -0.05) is 50.5 Å². The lowest BCUT2D eigenvalue weighted by molar-refractivity contribution is -0.132. The molecular weight excluding hydrogens is 362 g/mol. The van der Waals surface area contributed by atoms with Crippen LogP contribution >= 0.6 is 0 Å². The zero-order valence-corrected chi connectivity index (χ0v) is 17.3. The molecule has 2 amide bonds. The van der Waals surface area contributed by atoms with Crippen molar-refractivity contribution in [3.8, 4) is 0 Å². The molecule has 1 aliphatic heterocycles. The molecule has 1 aromatic carbocycles. The summed E-state index contributed by atoms with van der Waals surface area (Å²) in [5.74, 6) is -0.0638. The molecule has 2 heterocycles. The molecule has 1 aromatic heterocycles. The number of nitrogens with one attached hydrogen (secondary N) is 1. The van der Waals surface area contributed by atoms with Gasteiger partial charge in [0, 0.05) is 42.9 Å². The maximum atomic E-state index is 12.7. The van der Waals surface area contributed by atoms with Crippen LogP contribution in [0, 0.1) is 5.92 Å². The van der Waals surface area contributed by atoms with Gasteiger partial charge >= 0.3 is 0 Å². The lowest BCUT2D eigenvalue weighted by atomic mass is 9.97. The normalized spacial score (nSPS) is 17.0. The van der Waals surface area contributed by atoms with Gasteiger partial charge in [-0.2, -0.15) is 0 Å². The van der Waals surface area contributed by atoms with E-state index in [0.717, 1.165) is 48.7 Å². The van der Waals surface area contributed by atoms with Crippen molar-refractivity contribution in [2.45, 2.75) is 45.4 Å². The van der Waals surface area contributed by atoms with Gasteiger partial charge in [0.15, 0.2) is 0 Å². The summed E-state index contributed by atoms with van der Waals surface area (Å²) < 4.78 is 0. The van der Waals surface area contributed by atoms with E-state index in [4.69, 9.17) is 0 Å². The fourth-order valence-electron chi connectivity index (χ4n) is 3.83. The van der Waals surface area contributed by atoms with Gasteiger partial charge in [0.05, 0.1) is 11.4 Å². The van der Waals surface area contributed by atoms with E-state index in [-0.39, 0.29) is 17.7 Å². The van der Waals surface area contributed by atoms with Gasteiger partial charge in [0.1, 0.15) is 0 Å². The highest BCUT2D eigenvalue weighted by Gasteiger charge is 2.27. The fourth-order valence-corrected chi connectivity index (χ4v) is 3.83. The van der Waals surface area contributed by atoms with Crippen molar-refractivity contribution in [1.82, 2.24) is 15.2 Å². The number of unbranched alkanes of at least 4 members (excludes halogenated alkanes) is 3. The van der Waals surface area contributed by atoms with E-state index in [9.17, 15) is 9.59 Å². The van der Waals surface area contributed by atoms with Crippen LogP contribution in [0.4, 0.5) is 0 Å². The number of benzene rings is 1. The third-order valence-corrected chi connectivity index (χ3v) is 5.50. The Labute approximate surface area is 173 Å². The maximum Gasteiger partial charge on any atom is 0.246 e. The molecule has 1 fully saturated rings. The van der Waals surface area contributed by atoms with Crippen LogP contribution in [0.1, 0.15) is 51.0 Å². The molecule has 0 aliphatic carbocycles. The van der Waals surface area contributed by atoms with Crippen LogP contribution in [0.5, 0.6) is 0 Å². The van der Waals surface area contributed by atoms with Crippen LogP contribution < -0.4 is 5.32 Å². The first-order valence-corrected chi connectivity index (χ1v) is 10.8. The largest absolute Gasteiger partial charge is 0.356 e. The molecule has 3 rings (SSSR count). The second-order valence-electron chi connectivity index (χ2n) is 7.73. The molecule has 0 spiro atoms. The number of likely N-dealkylation sites (tertiary alicyclic amines) is 1. The Morgan fingerprint density at radius 3 is 2.93 bits per heavy atom. The number of pyridine rings is 1. The molecule has 0 saturated carbocycles. The van der Waals surface area contributed by atoms with Crippen molar-refractivity contribution in [2.75, 3.05) is 19.6 Å². The Hall–Kier alpha value is -2.69. The lowest BCUT2D eigenvalue weighted by Crippen LogP contribution is -2.45. The number of carbonyl (C=O) groups excluding carboxylic acids is 2. The number of fused-ring (bicyclic) bond motifs is 1. The second kappa shape index (κ2) is 10.7. The number of nitrogens with zero attached hydrogens (tertiary/aromatic N) is 2. The Morgan fingerprint density at radius 2 is 2.07 bits per heavy atom. The third-order valence-electron chi connectivity index (χ3n) is 5.50. The molecule has 2 aromatic rings. The number of para-hydroxylation sites is 1. The summed E-state index contributed by atoms with van der Waals surface area (Å²) in [6.07, 6.45) is 11.5. The van der Waals surface area contributed by atoms with E-state index < -0.39 is 0 Å². The predicted molar refractivity (Wildman–Crippen MR) is 117 cm³/mol. The third kappa shape index (κ3) is 5.89. The molecule has 29 heavy (non-hydrogen) atoms. The summed E-state index contributed by atoms with van der Waals surface area (Å²) in [7, 11) is 0. The smallest absolute Gasteiger partial charge is 0.246 e. The number of carbonyl (C=O) groups is 2. The molecule has 1 atom stereocenters. The Morgan fingerprint density at radius 1 is 1.21 bits per heavy atom. The average Bonchev–Trinajstić information content (AvgIpc) is 2.77. The van der Waals surface area contributed by atoms with Gasteiger partial charge in [-0.05, 0) is 31.4 Å². The van der Waals surface area contributed by atoms with Crippen LogP contribution in [0.2, 0.25) is 0 Å². The van der Waals surface area contributed by atoms with Gasteiger partial charge in [-0.15, -0.1) is 0 Å². The topological polar surface area (TPSA) is 62.3 Å². The van der Waals surface area contributed by atoms with Crippen LogP contribution in [-0.2, 0) is 9.59 Å². The zero-order chi connectivity index (χ0) is 20.5. The minimum Gasteiger partial charge on any atom is -0.356 e. The molecule has 1 unspecified atom stereocenters. The summed E-state index contributed by atoms with van der Waals surface area (Å²) in [6, 6.07) is 9.86. The van der Waals surface area contributed by atoms with E-state index in [1.807, 2.05) is 36.4 Å². The average molecular weight is 394 g/mol. The van der Waals surface area contributed by atoms with Crippen LogP contribution in [0.25, 0.3) is 17.0 Å². The standard InChI is InChI=1S/C24H31N3O2/c1-2-3-4-5-15-26-24(29)21-12-8-17-27(18-21)22(28)14-13-20-10-6-9-19-11-7-16-25-23(19)20/h6-7,9-11,13-14,16,21H,2-5,8,12,15,17-18H2,1H3,(H,26,29)/b14-13+. The van der Waals surface area contributed by atoms with Gasteiger partial charge in [-0.25, -0.2) is 0 Å². The first kappa shape index (κ1) is 21.0. The molecule has 5 heteroatoms. The van der Waals surface area contributed by atoms with E-state index in [1.54, 1.807) is 17.2 Å². The van der Waals surface area contributed by atoms with E-state index in [0.29, 0.717) is 13.1 Å². The van der Waals surface area contributed by atoms with Crippen molar-refractivity contribution in [3.63, 3.8) is 0 Å². The van der Waals surface area contributed by atoms with E-state index >= 15 is 0 Å². The summed E-state index contributed by atoms with van der Waals surface area (Å²) in [4.78, 5) is 31.4. The number of hydrogen-bond acceptors (Lipinski definition) is 3. The highest BCUT2D eigenvalue weighted by Crippen LogP contribution is 2.19. The first-order valence-electron chi connectivity index (χ1n) is 10.8.